The monoisotopic (exact) mass is 410 g/mol. The third-order valence-electron chi connectivity index (χ3n) is 4.09. The first-order valence-corrected chi connectivity index (χ1v) is 8.02. The van der Waals surface area contributed by atoms with Gasteiger partial charge in [0.2, 0.25) is 0 Å². The first kappa shape index (κ1) is 19.0. The Labute approximate surface area is 146 Å². The topological polar surface area (TPSA) is 48.9 Å². The largest absolute Gasteiger partial charge is 0.376 e. The van der Waals surface area contributed by atoms with E-state index in [9.17, 15) is 0 Å². The highest BCUT2D eigenvalue weighted by atomic mass is 127. The van der Waals surface area contributed by atoms with E-state index >= 15 is 0 Å². The highest BCUT2D eigenvalue weighted by Crippen LogP contribution is 2.27. The van der Waals surface area contributed by atoms with Crippen molar-refractivity contribution in [2.45, 2.75) is 57.7 Å². The minimum atomic E-state index is 0. The summed E-state index contributed by atoms with van der Waals surface area (Å²) in [6.07, 6.45) is 5.43. The summed E-state index contributed by atoms with van der Waals surface area (Å²) in [4.78, 5) is 6.86. The molecule has 1 aliphatic heterocycles. The lowest BCUT2D eigenvalue weighted by atomic mass is 10.2. The van der Waals surface area contributed by atoms with Crippen LogP contribution in [0.4, 0.5) is 0 Å². The fourth-order valence-electron chi connectivity index (χ4n) is 2.81. The van der Waals surface area contributed by atoms with Gasteiger partial charge in [-0.25, -0.2) is 0 Å². The van der Waals surface area contributed by atoms with Gasteiger partial charge in [0.25, 0.3) is 0 Å². The molecule has 2 aliphatic rings. The highest BCUT2D eigenvalue weighted by Gasteiger charge is 2.30. The maximum atomic E-state index is 5.61. The molecule has 1 heterocycles. The van der Waals surface area contributed by atoms with Crippen molar-refractivity contribution in [2.24, 2.45) is 4.99 Å². The van der Waals surface area contributed by atoms with Gasteiger partial charge < -0.3 is 15.4 Å². The summed E-state index contributed by atoms with van der Waals surface area (Å²) in [5, 5.41) is 6.76. The number of aliphatic imine (C=N–C) groups is 1. The molecule has 0 bridgehead atoms. The fourth-order valence-corrected chi connectivity index (χ4v) is 2.81. The Kier molecular flexibility index (Phi) is 8.89. The van der Waals surface area contributed by atoms with Crippen molar-refractivity contribution >= 4 is 29.9 Å². The lowest BCUT2D eigenvalue weighted by Crippen LogP contribution is -2.45. The Balaban J connectivity index is 0.00000220. The molecule has 21 heavy (non-hydrogen) atoms. The zero-order chi connectivity index (χ0) is 14.4. The lowest BCUT2D eigenvalue weighted by molar-refractivity contribution is 0.113. The Morgan fingerprint density at radius 2 is 2.05 bits per heavy atom. The summed E-state index contributed by atoms with van der Waals surface area (Å²) in [6.45, 7) is 8.35. The van der Waals surface area contributed by atoms with Crippen LogP contribution in [0.1, 0.15) is 39.5 Å². The van der Waals surface area contributed by atoms with Gasteiger partial charge in [0.15, 0.2) is 5.96 Å². The van der Waals surface area contributed by atoms with Crippen LogP contribution in [0.2, 0.25) is 0 Å². The minimum Gasteiger partial charge on any atom is -0.376 e. The molecular weight excluding hydrogens is 379 g/mol. The van der Waals surface area contributed by atoms with Crippen molar-refractivity contribution in [3.05, 3.63) is 0 Å². The quantitative estimate of drug-likeness (QED) is 0.382. The molecule has 0 amide bonds. The Bertz CT molecular complexity index is 313. The molecule has 6 heteroatoms. The van der Waals surface area contributed by atoms with Crippen molar-refractivity contribution in [1.29, 1.82) is 0 Å². The molecule has 1 saturated carbocycles. The molecule has 5 nitrogen and oxygen atoms in total. The molecule has 0 aromatic heterocycles. The van der Waals surface area contributed by atoms with Gasteiger partial charge in [0.1, 0.15) is 0 Å². The number of hydrogen-bond acceptors (Lipinski definition) is 3. The second-order valence-electron chi connectivity index (χ2n) is 6.08. The number of guanidine groups is 1. The van der Waals surface area contributed by atoms with E-state index in [0.29, 0.717) is 12.1 Å². The van der Waals surface area contributed by atoms with E-state index in [1.807, 2.05) is 7.05 Å². The van der Waals surface area contributed by atoms with Gasteiger partial charge in [-0.1, -0.05) is 0 Å². The van der Waals surface area contributed by atoms with Gasteiger partial charge in [-0.05, 0) is 39.5 Å². The van der Waals surface area contributed by atoms with E-state index in [1.54, 1.807) is 0 Å². The third-order valence-corrected chi connectivity index (χ3v) is 4.09. The van der Waals surface area contributed by atoms with Crippen LogP contribution in [0.15, 0.2) is 4.99 Å². The van der Waals surface area contributed by atoms with Gasteiger partial charge >= 0.3 is 0 Å². The molecular formula is C15H31IN4O. The zero-order valence-corrected chi connectivity index (χ0v) is 15.9. The van der Waals surface area contributed by atoms with E-state index in [1.165, 1.54) is 19.3 Å². The molecule has 1 atom stereocenters. The van der Waals surface area contributed by atoms with Gasteiger partial charge in [-0.15, -0.1) is 24.0 Å². The predicted molar refractivity (Wildman–Crippen MR) is 98.6 cm³/mol. The van der Waals surface area contributed by atoms with Crippen LogP contribution < -0.4 is 10.6 Å². The van der Waals surface area contributed by atoms with E-state index in [-0.39, 0.29) is 24.0 Å². The maximum absolute atomic E-state index is 5.61. The normalized spacial score (nSPS) is 22.5. The second kappa shape index (κ2) is 9.84. The first-order chi connectivity index (χ1) is 9.70. The molecule has 0 aromatic rings. The zero-order valence-electron chi connectivity index (χ0n) is 13.6. The predicted octanol–water partition coefficient (Wildman–Crippen LogP) is 1.82. The summed E-state index contributed by atoms with van der Waals surface area (Å²) in [7, 11) is 1.83. The summed E-state index contributed by atoms with van der Waals surface area (Å²) in [5.41, 5.74) is 0. The standard InChI is InChI=1S/C15H30N4O.HI/c1-12(2)19(13-6-7-13)9-8-17-15(16-3)18-11-14-5-4-10-20-14;/h12-14H,4-11H2,1-3H3,(H2,16,17,18);1H. The van der Waals surface area contributed by atoms with Crippen molar-refractivity contribution in [2.75, 3.05) is 33.3 Å². The molecule has 2 rings (SSSR count). The van der Waals surface area contributed by atoms with Crippen LogP contribution in [0, 0.1) is 0 Å². The molecule has 2 N–H and O–H groups in total. The van der Waals surface area contributed by atoms with Gasteiger partial charge in [-0.2, -0.15) is 0 Å². The number of rotatable bonds is 7. The number of nitrogens with zero attached hydrogens (tertiary/aromatic N) is 2. The summed E-state index contributed by atoms with van der Waals surface area (Å²) < 4.78 is 5.61. The average Bonchev–Trinajstić information content (AvgIpc) is 3.13. The number of hydrogen-bond donors (Lipinski definition) is 2. The Morgan fingerprint density at radius 1 is 1.29 bits per heavy atom. The van der Waals surface area contributed by atoms with E-state index in [0.717, 1.165) is 44.7 Å². The molecule has 1 saturated heterocycles. The molecule has 124 valence electrons. The van der Waals surface area contributed by atoms with Gasteiger partial charge in [-0.3, -0.25) is 9.89 Å². The van der Waals surface area contributed by atoms with E-state index in [2.05, 4.69) is 34.4 Å². The number of halogens is 1. The van der Waals surface area contributed by atoms with Crippen LogP contribution in [0.25, 0.3) is 0 Å². The molecule has 1 unspecified atom stereocenters. The van der Waals surface area contributed by atoms with Crippen LogP contribution in [-0.2, 0) is 4.74 Å². The fraction of sp³-hybridized carbons (Fsp3) is 0.933. The molecule has 0 radical (unpaired) electrons. The van der Waals surface area contributed by atoms with Crippen LogP contribution in [0.3, 0.4) is 0 Å². The first-order valence-electron chi connectivity index (χ1n) is 8.02. The Morgan fingerprint density at radius 3 is 2.57 bits per heavy atom. The van der Waals surface area contributed by atoms with Gasteiger partial charge in [0, 0.05) is 45.4 Å². The molecule has 2 fully saturated rings. The van der Waals surface area contributed by atoms with Crippen LogP contribution >= 0.6 is 24.0 Å². The van der Waals surface area contributed by atoms with Crippen LogP contribution in [0.5, 0.6) is 0 Å². The summed E-state index contributed by atoms with van der Waals surface area (Å²) in [5.74, 6) is 0.889. The lowest BCUT2D eigenvalue weighted by Gasteiger charge is -2.26. The van der Waals surface area contributed by atoms with E-state index < -0.39 is 0 Å². The van der Waals surface area contributed by atoms with Crippen molar-refractivity contribution < 1.29 is 4.74 Å². The molecule has 1 aliphatic carbocycles. The smallest absolute Gasteiger partial charge is 0.191 e. The Hall–Kier alpha value is -0.0800. The van der Waals surface area contributed by atoms with Crippen LogP contribution in [-0.4, -0.2) is 62.3 Å². The van der Waals surface area contributed by atoms with Crippen molar-refractivity contribution in [3.8, 4) is 0 Å². The van der Waals surface area contributed by atoms with Gasteiger partial charge in [0.05, 0.1) is 6.10 Å². The van der Waals surface area contributed by atoms with Crippen molar-refractivity contribution in [3.63, 3.8) is 0 Å². The third kappa shape index (κ3) is 6.69. The molecule has 0 spiro atoms. The number of ether oxygens (including phenoxy) is 1. The maximum Gasteiger partial charge on any atom is 0.191 e. The average molecular weight is 410 g/mol. The molecule has 0 aromatic carbocycles. The SMILES string of the molecule is CN=C(NCCN(C(C)C)C1CC1)NCC1CCCO1.I. The summed E-state index contributed by atoms with van der Waals surface area (Å²) >= 11 is 0. The highest BCUT2D eigenvalue weighted by molar-refractivity contribution is 14.0. The minimum absolute atomic E-state index is 0. The summed E-state index contributed by atoms with van der Waals surface area (Å²) in [6, 6.07) is 1.45. The second-order valence-corrected chi connectivity index (χ2v) is 6.08. The van der Waals surface area contributed by atoms with Crippen molar-refractivity contribution in [1.82, 2.24) is 15.5 Å². The van der Waals surface area contributed by atoms with E-state index in [4.69, 9.17) is 4.74 Å². The number of nitrogens with one attached hydrogen (secondary N) is 2.